The Hall–Kier alpha value is -2.70. The van der Waals surface area contributed by atoms with Crippen LogP contribution in [-0.2, 0) is 4.79 Å². The molecule has 0 aliphatic carbocycles. The highest BCUT2D eigenvalue weighted by Crippen LogP contribution is 2.39. The maximum absolute atomic E-state index is 11.5. The molecule has 2 aliphatic rings. The van der Waals surface area contributed by atoms with Gasteiger partial charge in [0.05, 0.1) is 6.61 Å². The molecule has 0 radical (unpaired) electrons. The second-order valence-corrected chi connectivity index (χ2v) is 4.14. The number of rotatable bonds is 3. The molecule has 104 valence electrons. The summed E-state index contributed by atoms with van der Waals surface area (Å²) in [5, 5.41) is 4.56. The Balaban J connectivity index is 2.01. The van der Waals surface area contributed by atoms with Gasteiger partial charge in [0.1, 0.15) is 11.4 Å². The van der Waals surface area contributed by atoms with E-state index in [0.29, 0.717) is 29.4 Å². The Kier molecular flexibility index (Phi) is 2.94. The molecule has 2 heterocycles. The van der Waals surface area contributed by atoms with Crippen molar-refractivity contribution in [2.24, 2.45) is 0 Å². The number of imide groups is 1. The molecule has 1 aromatic rings. The molecule has 0 saturated carbocycles. The zero-order chi connectivity index (χ0) is 14.1. The summed E-state index contributed by atoms with van der Waals surface area (Å²) in [6, 6.07) is 2.87. The summed E-state index contributed by atoms with van der Waals surface area (Å²) in [5.41, 5.74) is 0.790. The number of ether oxygens (including phenoxy) is 3. The van der Waals surface area contributed by atoms with Gasteiger partial charge in [-0.25, -0.2) is 4.79 Å². The van der Waals surface area contributed by atoms with Crippen LogP contribution in [-0.4, -0.2) is 25.3 Å². The summed E-state index contributed by atoms with van der Waals surface area (Å²) in [4.78, 5) is 22.6. The smallest absolute Gasteiger partial charge is 0.326 e. The molecule has 1 fully saturated rings. The van der Waals surface area contributed by atoms with Crippen molar-refractivity contribution in [1.29, 1.82) is 0 Å². The molecule has 0 unspecified atom stereocenters. The van der Waals surface area contributed by atoms with E-state index in [-0.39, 0.29) is 12.5 Å². The van der Waals surface area contributed by atoms with E-state index >= 15 is 0 Å². The molecule has 7 heteroatoms. The molecular weight excluding hydrogens is 264 g/mol. The van der Waals surface area contributed by atoms with Crippen LogP contribution in [0, 0.1) is 0 Å². The Morgan fingerprint density at radius 2 is 2.00 bits per heavy atom. The van der Waals surface area contributed by atoms with Gasteiger partial charge in [-0.05, 0) is 19.1 Å². The lowest BCUT2D eigenvalue weighted by Gasteiger charge is -2.09. The number of carbonyl (C=O) groups excluding carboxylic acids is 2. The van der Waals surface area contributed by atoms with Crippen molar-refractivity contribution in [1.82, 2.24) is 10.6 Å². The molecule has 2 aliphatic heterocycles. The fourth-order valence-electron chi connectivity index (χ4n) is 1.97. The Labute approximate surface area is 114 Å². The number of nitrogens with one attached hydrogen (secondary N) is 2. The molecule has 7 nitrogen and oxygen atoms in total. The summed E-state index contributed by atoms with van der Waals surface area (Å²) >= 11 is 0. The highest BCUT2D eigenvalue weighted by molar-refractivity contribution is 6.14. The lowest BCUT2D eigenvalue weighted by Crippen LogP contribution is -2.22. The van der Waals surface area contributed by atoms with E-state index in [2.05, 4.69) is 10.6 Å². The molecule has 0 atom stereocenters. The molecule has 3 amide bonds. The van der Waals surface area contributed by atoms with E-state index in [1.165, 1.54) is 6.08 Å². The monoisotopic (exact) mass is 276 g/mol. The van der Waals surface area contributed by atoms with E-state index in [9.17, 15) is 9.59 Å². The van der Waals surface area contributed by atoms with Gasteiger partial charge in [-0.1, -0.05) is 0 Å². The second kappa shape index (κ2) is 4.76. The van der Waals surface area contributed by atoms with Crippen LogP contribution in [0.4, 0.5) is 4.79 Å². The SMILES string of the molecule is CCOc1cc2c(cc1/C=C1\NC(=O)NC1=O)OCO2. The first-order valence-electron chi connectivity index (χ1n) is 6.08. The first-order valence-corrected chi connectivity index (χ1v) is 6.08. The second-order valence-electron chi connectivity index (χ2n) is 4.14. The fraction of sp³-hybridized carbons (Fsp3) is 0.231. The van der Waals surface area contributed by atoms with Crippen LogP contribution < -0.4 is 24.8 Å². The molecule has 1 aromatic carbocycles. The number of hydrogen-bond donors (Lipinski definition) is 2. The van der Waals surface area contributed by atoms with Gasteiger partial charge in [0, 0.05) is 11.6 Å². The molecular formula is C13H12N2O5. The van der Waals surface area contributed by atoms with Crippen molar-refractivity contribution in [3.8, 4) is 17.2 Å². The first-order chi connectivity index (χ1) is 9.67. The van der Waals surface area contributed by atoms with E-state index < -0.39 is 11.9 Å². The van der Waals surface area contributed by atoms with Gasteiger partial charge in [0.2, 0.25) is 6.79 Å². The van der Waals surface area contributed by atoms with Crippen LogP contribution in [0.1, 0.15) is 12.5 Å². The Morgan fingerprint density at radius 3 is 2.65 bits per heavy atom. The third-order valence-electron chi connectivity index (χ3n) is 2.82. The van der Waals surface area contributed by atoms with Crippen LogP contribution in [0.15, 0.2) is 17.8 Å². The number of fused-ring (bicyclic) bond motifs is 1. The predicted molar refractivity (Wildman–Crippen MR) is 68.4 cm³/mol. The summed E-state index contributed by atoms with van der Waals surface area (Å²) in [6.45, 7) is 2.47. The van der Waals surface area contributed by atoms with Gasteiger partial charge < -0.3 is 19.5 Å². The highest BCUT2D eigenvalue weighted by atomic mass is 16.7. The van der Waals surface area contributed by atoms with Crippen LogP contribution in [0.5, 0.6) is 17.2 Å². The minimum absolute atomic E-state index is 0.151. The summed E-state index contributed by atoms with van der Waals surface area (Å²) in [7, 11) is 0. The molecule has 2 N–H and O–H groups in total. The van der Waals surface area contributed by atoms with Crippen LogP contribution in [0.2, 0.25) is 0 Å². The average Bonchev–Trinajstić information content (AvgIpc) is 2.97. The molecule has 0 aromatic heterocycles. The van der Waals surface area contributed by atoms with Crippen molar-refractivity contribution in [3.05, 3.63) is 23.4 Å². The van der Waals surface area contributed by atoms with Gasteiger partial charge in [-0.2, -0.15) is 0 Å². The van der Waals surface area contributed by atoms with E-state index in [1.54, 1.807) is 12.1 Å². The van der Waals surface area contributed by atoms with Gasteiger partial charge in [0.15, 0.2) is 11.5 Å². The van der Waals surface area contributed by atoms with Crippen molar-refractivity contribution in [2.45, 2.75) is 6.92 Å². The lowest BCUT2D eigenvalue weighted by molar-refractivity contribution is -0.115. The third-order valence-corrected chi connectivity index (χ3v) is 2.82. The minimum atomic E-state index is -0.542. The Bertz CT molecular complexity index is 623. The molecule has 20 heavy (non-hydrogen) atoms. The molecule has 0 bridgehead atoms. The van der Waals surface area contributed by atoms with Crippen LogP contribution in [0.25, 0.3) is 6.08 Å². The average molecular weight is 276 g/mol. The first kappa shape index (κ1) is 12.3. The van der Waals surface area contributed by atoms with Crippen LogP contribution >= 0.6 is 0 Å². The Morgan fingerprint density at radius 1 is 1.25 bits per heavy atom. The number of carbonyl (C=O) groups is 2. The van der Waals surface area contributed by atoms with E-state index in [4.69, 9.17) is 14.2 Å². The van der Waals surface area contributed by atoms with Crippen molar-refractivity contribution < 1.29 is 23.8 Å². The topological polar surface area (TPSA) is 85.9 Å². The number of amides is 3. The van der Waals surface area contributed by atoms with Crippen molar-refractivity contribution >= 4 is 18.0 Å². The van der Waals surface area contributed by atoms with Crippen LogP contribution in [0.3, 0.4) is 0 Å². The van der Waals surface area contributed by atoms with Gasteiger partial charge in [0.25, 0.3) is 5.91 Å². The maximum atomic E-state index is 11.5. The summed E-state index contributed by atoms with van der Waals surface area (Å²) in [5.74, 6) is 1.24. The maximum Gasteiger partial charge on any atom is 0.326 e. The standard InChI is InChI=1S/C13H12N2O5/c1-2-18-9-5-11-10(19-6-20-11)4-7(9)3-8-12(16)15-13(17)14-8/h3-5H,2,6H2,1H3,(H2,14,15,16,17)/b8-3-. The number of hydrogen-bond acceptors (Lipinski definition) is 5. The zero-order valence-corrected chi connectivity index (χ0v) is 10.7. The third kappa shape index (κ3) is 2.13. The van der Waals surface area contributed by atoms with E-state index in [0.717, 1.165) is 0 Å². The van der Waals surface area contributed by atoms with Gasteiger partial charge in [-0.15, -0.1) is 0 Å². The predicted octanol–water partition coefficient (Wildman–Crippen LogP) is 0.994. The number of benzene rings is 1. The molecule has 1 saturated heterocycles. The largest absolute Gasteiger partial charge is 0.493 e. The zero-order valence-electron chi connectivity index (χ0n) is 10.7. The minimum Gasteiger partial charge on any atom is -0.493 e. The number of urea groups is 1. The highest BCUT2D eigenvalue weighted by Gasteiger charge is 2.24. The fourth-order valence-corrected chi connectivity index (χ4v) is 1.97. The normalized spacial score (nSPS) is 18.1. The van der Waals surface area contributed by atoms with Crippen molar-refractivity contribution in [2.75, 3.05) is 13.4 Å². The van der Waals surface area contributed by atoms with Gasteiger partial charge in [-0.3, -0.25) is 10.1 Å². The lowest BCUT2D eigenvalue weighted by atomic mass is 10.1. The summed E-state index contributed by atoms with van der Waals surface area (Å²) in [6.07, 6.45) is 1.53. The quantitative estimate of drug-likeness (QED) is 0.635. The van der Waals surface area contributed by atoms with Crippen molar-refractivity contribution in [3.63, 3.8) is 0 Å². The van der Waals surface area contributed by atoms with E-state index in [1.807, 2.05) is 6.92 Å². The molecule has 3 rings (SSSR count). The summed E-state index contributed by atoms with van der Waals surface area (Å²) < 4.78 is 16.1. The van der Waals surface area contributed by atoms with Gasteiger partial charge >= 0.3 is 6.03 Å². The molecule has 0 spiro atoms.